The Hall–Kier alpha value is -1.84. The van der Waals surface area contributed by atoms with Crippen LogP contribution in [0, 0.1) is 6.92 Å². The largest absolute Gasteiger partial charge is 0.497 e. The molecule has 0 spiro atoms. The third-order valence-electron chi connectivity index (χ3n) is 3.66. The van der Waals surface area contributed by atoms with E-state index in [9.17, 15) is 0 Å². The number of nitrogens with one attached hydrogen (secondary N) is 2. The van der Waals surface area contributed by atoms with Gasteiger partial charge in [0, 0.05) is 13.1 Å². The molecular formula is C18H24N2O. The molecule has 0 aliphatic rings. The Bertz CT molecular complexity index is 608. The quantitative estimate of drug-likeness (QED) is 0.855. The molecule has 2 aromatic rings. The average Bonchev–Trinajstić information content (AvgIpc) is 2.50. The van der Waals surface area contributed by atoms with Gasteiger partial charge < -0.3 is 15.4 Å². The molecule has 2 aromatic carbocycles. The van der Waals surface area contributed by atoms with Crippen molar-refractivity contribution in [2.75, 3.05) is 21.2 Å². The summed E-state index contributed by atoms with van der Waals surface area (Å²) in [5, 5.41) is 6.45. The molecule has 0 saturated carbocycles. The molecule has 2 rings (SSSR count). The van der Waals surface area contributed by atoms with Crippen LogP contribution < -0.4 is 15.4 Å². The lowest BCUT2D eigenvalue weighted by Gasteiger charge is -2.15. The zero-order valence-electron chi connectivity index (χ0n) is 13.3. The molecule has 3 heteroatoms. The van der Waals surface area contributed by atoms with Gasteiger partial charge in [-0.25, -0.2) is 0 Å². The van der Waals surface area contributed by atoms with E-state index in [-0.39, 0.29) is 0 Å². The van der Waals surface area contributed by atoms with Crippen LogP contribution in [0.1, 0.15) is 16.7 Å². The first-order chi connectivity index (χ1) is 10.2. The summed E-state index contributed by atoms with van der Waals surface area (Å²) in [6, 6.07) is 12.9. The molecule has 0 atom stereocenters. The molecule has 0 bridgehead atoms. The van der Waals surface area contributed by atoms with Crippen LogP contribution in [0.2, 0.25) is 0 Å². The van der Waals surface area contributed by atoms with Gasteiger partial charge in [0.25, 0.3) is 0 Å². The van der Waals surface area contributed by atoms with Crippen LogP contribution in [0.15, 0.2) is 36.4 Å². The highest BCUT2D eigenvalue weighted by atomic mass is 16.5. The topological polar surface area (TPSA) is 33.3 Å². The van der Waals surface area contributed by atoms with Crippen LogP contribution in [-0.4, -0.2) is 21.2 Å². The van der Waals surface area contributed by atoms with E-state index < -0.39 is 0 Å². The molecule has 0 radical (unpaired) electrons. The third kappa shape index (κ3) is 3.63. The Morgan fingerprint density at radius 2 is 1.67 bits per heavy atom. The second-order valence-electron chi connectivity index (χ2n) is 5.23. The van der Waals surface area contributed by atoms with Gasteiger partial charge in [-0.15, -0.1) is 0 Å². The van der Waals surface area contributed by atoms with Gasteiger partial charge in [-0.3, -0.25) is 0 Å². The van der Waals surface area contributed by atoms with Crippen molar-refractivity contribution in [1.29, 1.82) is 0 Å². The first-order valence-electron chi connectivity index (χ1n) is 7.25. The first kappa shape index (κ1) is 15.5. The summed E-state index contributed by atoms with van der Waals surface area (Å²) in [4.78, 5) is 0. The summed E-state index contributed by atoms with van der Waals surface area (Å²) >= 11 is 0. The molecule has 0 fully saturated rings. The number of hydrogen-bond donors (Lipinski definition) is 2. The number of rotatable bonds is 6. The maximum Gasteiger partial charge on any atom is 0.119 e. The minimum absolute atomic E-state index is 0.842. The fraction of sp³-hybridized carbons (Fsp3) is 0.333. The maximum atomic E-state index is 5.39. The Morgan fingerprint density at radius 1 is 0.905 bits per heavy atom. The van der Waals surface area contributed by atoms with Gasteiger partial charge in [-0.2, -0.15) is 0 Å². The monoisotopic (exact) mass is 284 g/mol. The van der Waals surface area contributed by atoms with Gasteiger partial charge in [0.15, 0.2) is 0 Å². The summed E-state index contributed by atoms with van der Waals surface area (Å²) < 4.78 is 5.39. The van der Waals surface area contributed by atoms with Gasteiger partial charge >= 0.3 is 0 Å². The molecule has 3 nitrogen and oxygen atoms in total. The van der Waals surface area contributed by atoms with Crippen molar-refractivity contribution < 1.29 is 4.74 Å². The highest BCUT2D eigenvalue weighted by Crippen LogP contribution is 2.31. The summed E-state index contributed by atoms with van der Waals surface area (Å²) in [5.74, 6) is 0.892. The van der Waals surface area contributed by atoms with E-state index >= 15 is 0 Å². The Morgan fingerprint density at radius 3 is 2.33 bits per heavy atom. The summed E-state index contributed by atoms with van der Waals surface area (Å²) in [5.41, 5.74) is 6.35. The summed E-state index contributed by atoms with van der Waals surface area (Å²) in [6.45, 7) is 3.87. The maximum absolute atomic E-state index is 5.39. The lowest BCUT2D eigenvalue weighted by Crippen LogP contribution is -2.08. The van der Waals surface area contributed by atoms with Crippen LogP contribution in [0.3, 0.4) is 0 Å². The van der Waals surface area contributed by atoms with Crippen molar-refractivity contribution in [3.8, 4) is 16.9 Å². The van der Waals surface area contributed by atoms with E-state index in [2.05, 4.69) is 47.9 Å². The standard InChI is InChI=1S/C18H24N2O/c1-13-5-6-14(11-19-2)9-17(13)18-10-16(21-4)8-7-15(18)12-20-3/h5-10,19-20H,11-12H2,1-4H3. The molecule has 112 valence electrons. The highest BCUT2D eigenvalue weighted by Gasteiger charge is 2.10. The van der Waals surface area contributed by atoms with Crippen molar-refractivity contribution in [2.24, 2.45) is 0 Å². The lowest BCUT2D eigenvalue weighted by molar-refractivity contribution is 0.415. The second-order valence-corrected chi connectivity index (χ2v) is 5.23. The minimum Gasteiger partial charge on any atom is -0.497 e. The van der Waals surface area contributed by atoms with E-state index in [0.717, 1.165) is 18.8 Å². The number of hydrogen-bond acceptors (Lipinski definition) is 3. The fourth-order valence-electron chi connectivity index (χ4n) is 2.55. The molecule has 0 aliphatic carbocycles. The van der Waals surface area contributed by atoms with Crippen molar-refractivity contribution in [3.05, 3.63) is 53.1 Å². The lowest BCUT2D eigenvalue weighted by atomic mass is 9.94. The van der Waals surface area contributed by atoms with Gasteiger partial charge in [0.1, 0.15) is 5.75 Å². The van der Waals surface area contributed by atoms with Gasteiger partial charge in [-0.05, 0) is 67.0 Å². The van der Waals surface area contributed by atoms with E-state index in [0.29, 0.717) is 0 Å². The number of methoxy groups -OCH3 is 1. The van der Waals surface area contributed by atoms with Crippen molar-refractivity contribution in [3.63, 3.8) is 0 Å². The molecule has 21 heavy (non-hydrogen) atoms. The molecule has 0 heterocycles. The Balaban J connectivity index is 2.55. The number of ether oxygens (including phenoxy) is 1. The van der Waals surface area contributed by atoms with Gasteiger partial charge in [0.05, 0.1) is 7.11 Å². The van der Waals surface area contributed by atoms with E-state index in [1.54, 1.807) is 7.11 Å². The molecule has 0 amide bonds. The van der Waals surface area contributed by atoms with E-state index in [1.807, 2.05) is 20.2 Å². The van der Waals surface area contributed by atoms with Crippen LogP contribution in [0.4, 0.5) is 0 Å². The smallest absolute Gasteiger partial charge is 0.119 e. The van der Waals surface area contributed by atoms with Gasteiger partial charge in [-0.1, -0.05) is 18.2 Å². The Labute approximate surface area is 127 Å². The Kier molecular flexibility index (Phi) is 5.37. The van der Waals surface area contributed by atoms with Crippen LogP contribution in [-0.2, 0) is 13.1 Å². The summed E-state index contributed by atoms with van der Waals surface area (Å²) in [7, 11) is 5.65. The molecule has 0 aliphatic heterocycles. The molecular weight excluding hydrogens is 260 g/mol. The first-order valence-corrected chi connectivity index (χ1v) is 7.25. The zero-order valence-corrected chi connectivity index (χ0v) is 13.3. The van der Waals surface area contributed by atoms with Crippen molar-refractivity contribution in [2.45, 2.75) is 20.0 Å². The minimum atomic E-state index is 0.842. The van der Waals surface area contributed by atoms with E-state index in [1.165, 1.54) is 27.8 Å². The molecule has 2 N–H and O–H groups in total. The average molecular weight is 284 g/mol. The number of benzene rings is 2. The fourth-order valence-corrected chi connectivity index (χ4v) is 2.55. The predicted octanol–water partition coefficient (Wildman–Crippen LogP) is 3.11. The molecule has 0 saturated heterocycles. The zero-order chi connectivity index (χ0) is 15.2. The normalized spacial score (nSPS) is 10.7. The van der Waals surface area contributed by atoms with Crippen molar-refractivity contribution >= 4 is 0 Å². The SMILES string of the molecule is CNCc1ccc(C)c(-c2cc(OC)ccc2CNC)c1. The van der Waals surface area contributed by atoms with Crippen LogP contribution in [0.25, 0.3) is 11.1 Å². The predicted molar refractivity (Wildman–Crippen MR) is 88.7 cm³/mol. The molecule has 0 unspecified atom stereocenters. The van der Waals surface area contributed by atoms with Crippen LogP contribution >= 0.6 is 0 Å². The van der Waals surface area contributed by atoms with Gasteiger partial charge in [0.2, 0.25) is 0 Å². The van der Waals surface area contributed by atoms with Crippen LogP contribution in [0.5, 0.6) is 5.75 Å². The molecule has 0 aromatic heterocycles. The highest BCUT2D eigenvalue weighted by molar-refractivity contribution is 5.72. The van der Waals surface area contributed by atoms with Crippen molar-refractivity contribution in [1.82, 2.24) is 10.6 Å². The number of aryl methyl sites for hydroxylation is 1. The summed E-state index contributed by atoms with van der Waals surface area (Å²) in [6.07, 6.45) is 0. The second kappa shape index (κ2) is 7.25. The third-order valence-corrected chi connectivity index (χ3v) is 3.66. The van der Waals surface area contributed by atoms with E-state index in [4.69, 9.17) is 4.74 Å².